The molecule has 14 heavy (non-hydrogen) atoms. The fourth-order valence-electron chi connectivity index (χ4n) is 0.800. The van der Waals surface area contributed by atoms with Crippen molar-refractivity contribution in [3.05, 3.63) is 30.1 Å². The maximum absolute atomic E-state index is 11.4. The Balaban J connectivity index is 2.46. The molecule has 0 saturated heterocycles. The van der Waals surface area contributed by atoms with Gasteiger partial charge in [-0.1, -0.05) is 15.9 Å². The summed E-state index contributed by atoms with van der Waals surface area (Å²) in [6.45, 7) is 3.79. The molecule has 0 N–H and O–H groups in total. The van der Waals surface area contributed by atoms with Crippen LogP contribution in [0, 0.1) is 0 Å². The molecule has 4 heteroatoms. The minimum absolute atomic E-state index is 0.269. The van der Waals surface area contributed by atoms with Gasteiger partial charge in [0.2, 0.25) is 0 Å². The second-order valence-corrected chi connectivity index (χ2v) is 5.39. The monoisotopic (exact) mass is 257 g/mol. The van der Waals surface area contributed by atoms with E-state index in [0.29, 0.717) is 0 Å². The molecule has 1 heterocycles. The highest BCUT2D eigenvalue weighted by Gasteiger charge is 2.25. The van der Waals surface area contributed by atoms with Gasteiger partial charge in [-0.3, -0.25) is 9.78 Å². The third kappa shape index (κ3) is 3.46. The third-order valence-corrected chi connectivity index (χ3v) is 1.93. The number of hydrogen-bond donors (Lipinski definition) is 0. The first-order chi connectivity index (χ1) is 6.50. The number of carbonyl (C=O) groups is 1. The Morgan fingerprint density at radius 2 is 2.07 bits per heavy atom. The Hall–Kier alpha value is -0.900. The summed E-state index contributed by atoms with van der Waals surface area (Å²) < 4.78 is 4.45. The lowest BCUT2D eigenvalue weighted by atomic mass is 10.2. The number of halogens is 1. The molecular formula is C10H12BrNO2. The molecule has 0 aliphatic rings. The third-order valence-electron chi connectivity index (χ3n) is 1.60. The minimum atomic E-state index is -0.625. The van der Waals surface area contributed by atoms with E-state index in [9.17, 15) is 4.79 Å². The molecule has 0 amide bonds. The van der Waals surface area contributed by atoms with E-state index in [1.807, 2.05) is 12.1 Å². The summed E-state index contributed by atoms with van der Waals surface area (Å²) >= 11 is 3.23. The molecule has 0 unspecified atom stereocenters. The second-order valence-electron chi connectivity index (χ2n) is 3.40. The number of aromatic nitrogens is 1. The zero-order valence-corrected chi connectivity index (χ0v) is 9.74. The molecular weight excluding hydrogens is 246 g/mol. The van der Waals surface area contributed by atoms with Crippen molar-refractivity contribution >= 4 is 21.9 Å². The number of ether oxygens (including phenoxy) is 1. The van der Waals surface area contributed by atoms with Gasteiger partial charge in [-0.15, -0.1) is 0 Å². The molecule has 0 fully saturated rings. The summed E-state index contributed by atoms with van der Waals surface area (Å²) in [5.74, 6) is -0.269. The molecule has 1 aromatic rings. The average Bonchev–Trinajstić information content (AvgIpc) is 2.14. The molecule has 1 aromatic heterocycles. The van der Waals surface area contributed by atoms with Crippen molar-refractivity contribution in [2.75, 3.05) is 0 Å². The van der Waals surface area contributed by atoms with Crippen LogP contribution in [0.2, 0.25) is 0 Å². The maximum Gasteiger partial charge on any atom is 0.322 e. The Morgan fingerprint density at radius 1 is 1.50 bits per heavy atom. The van der Waals surface area contributed by atoms with Crippen molar-refractivity contribution in [1.29, 1.82) is 0 Å². The van der Waals surface area contributed by atoms with Crippen LogP contribution in [-0.4, -0.2) is 15.3 Å². The largest absolute Gasteiger partial charge is 0.460 e. The van der Waals surface area contributed by atoms with Crippen LogP contribution in [0.25, 0.3) is 0 Å². The number of nitrogens with zero attached hydrogens (tertiary/aromatic N) is 1. The highest BCUT2D eigenvalue weighted by atomic mass is 79.9. The first-order valence-electron chi connectivity index (χ1n) is 4.25. The van der Waals surface area contributed by atoms with Crippen LogP contribution in [0.5, 0.6) is 0 Å². The zero-order chi connectivity index (χ0) is 10.6. The van der Waals surface area contributed by atoms with Crippen LogP contribution in [0.1, 0.15) is 19.4 Å². The van der Waals surface area contributed by atoms with Gasteiger partial charge in [0.25, 0.3) is 0 Å². The van der Waals surface area contributed by atoms with Gasteiger partial charge in [-0.05, 0) is 31.5 Å². The van der Waals surface area contributed by atoms with Crippen molar-refractivity contribution in [3.8, 4) is 0 Å². The van der Waals surface area contributed by atoms with E-state index in [0.717, 1.165) is 5.56 Å². The van der Waals surface area contributed by atoms with Gasteiger partial charge in [-0.25, -0.2) is 0 Å². The topological polar surface area (TPSA) is 39.2 Å². The van der Waals surface area contributed by atoms with Crippen molar-refractivity contribution in [2.24, 2.45) is 0 Å². The Morgan fingerprint density at radius 3 is 2.57 bits per heavy atom. The highest BCUT2D eigenvalue weighted by Crippen LogP contribution is 2.18. The molecule has 0 radical (unpaired) electrons. The van der Waals surface area contributed by atoms with Crippen LogP contribution in [0.4, 0.5) is 0 Å². The lowest BCUT2D eigenvalue weighted by molar-refractivity contribution is -0.146. The van der Waals surface area contributed by atoms with Gasteiger partial charge in [-0.2, -0.15) is 0 Å². The van der Waals surface area contributed by atoms with Gasteiger partial charge in [0.05, 0.1) is 0 Å². The van der Waals surface area contributed by atoms with E-state index in [1.54, 1.807) is 26.2 Å². The fraction of sp³-hybridized carbons (Fsp3) is 0.400. The van der Waals surface area contributed by atoms with Gasteiger partial charge < -0.3 is 4.74 Å². The van der Waals surface area contributed by atoms with E-state index in [-0.39, 0.29) is 12.6 Å². The molecule has 0 aromatic carbocycles. The molecule has 0 saturated carbocycles. The molecule has 0 aliphatic heterocycles. The lowest BCUT2D eigenvalue weighted by Gasteiger charge is -2.14. The van der Waals surface area contributed by atoms with Crippen molar-refractivity contribution in [2.45, 2.75) is 24.8 Å². The number of pyridine rings is 1. The molecule has 0 bridgehead atoms. The predicted octanol–water partition coefficient (Wildman–Crippen LogP) is 2.30. The van der Waals surface area contributed by atoms with Crippen LogP contribution in [0.3, 0.4) is 0 Å². The van der Waals surface area contributed by atoms with Gasteiger partial charge in [0.1, 0.15) is 10.9 Å². The Labute approximate surface area is 91.6 Å². The second kappa shape index (κ2) is 4.55. The van der Waals surface area contributed by atoms with Gasteiger partial charge in [0, 0.05) is 12.4 Å². The molecule has 76 valence electrons. The van der Waals surface area contributed by atoms with E-state index < -0.39 is 4.32 Å². The van der Waals surface area contributed by atoms with Crippen molar-refractivity contribution in [3.63, 3.8) is 0 Å². The molecule has 0 atom stereocenters. The summed E-state index contributed by atoms with van der Waals surface area (Å²) in [7, 11) is 0. The summed E-state index contributed by atoms with van der Waals surface area (Å²) in [5, 5.41) is 0. The smallest absolute Gasteiger partial charge is 0.322 e. The summed E-state index contributed by atoms with van der Waals surface area (Å²) in [4.78, 5) is 15.2. The van der Waals surface area contributed by atoms with Crippen molar-refractivity contribution in [1.82, 2.24) is 4.98 Å². The summed E-state index contributed by atoms with van der Waals surface area (Å²) in [6, 6.07) is 3.63. The van der Waals surface area contributed by atoms with E-state index in [4.69, 9.17) is 4.74 Å². The maximum atomic E-state index is 11.4. The van der Waals surface area contributed by atoms with E-state index in [1.165, 1.54) is 0 Å². The highest BCUT2D eigenvalue weighted by molar-refractivity contribution is 9.10. The lowest BCUT2D eigenvalue weighted by Crippen LogP contribution is -2.26. The molecule has 1 rings (SSSR count). The quantitative estimate of drug-likeness (QED) is 0.616. The fourth-order valence-corrected chi connectivity index (χ4v) is 0.914. The zero-order valence-electron chi connectivity index (χ0n) is 8.16. The predicted molar refractivity (Wildman–Crippen MR) is 57.0 cm³/mol. The first kappa shape index (κ1) is 11.2. The van der Waals surface area contributed by atoms with E-state index in [2.05, 4.69) is 20.9 Å². The minimum Gasteiger partial charge on any atom is -0.460 e. The van der Waals surface area contributed by atoms with Crippen LogP contribution in [-0.2, 0) is 16.1 Å². The summed E-state index contributed by atoms with van der Waals surface area (Å²) in [6.07, 6.45) is 3.34. The number of alkyl halides is 1. The van der Waals surface area contributed by atoms with Gasteiger partial charge >= 0.3 is 5.97 Å². The van der Waals surface area contributed by atoms with Crippen LogP contribution in [0.15, 0.2) is 24.5 Å². The summed E-state index contributed by atoms with van der Waals surface area (Å²) in [5.41, 5.74) is 0.935. The van der Waals surface area contributed by atoms with Crippen molar-refractivity contribution < 1.29 is 9.53 Å². The molecule has 0 spiro atoms. The van der Waals surface area contributed by atoms with Gasteiger partial charge in [0.15, 0.2) is 0 Å². The van der Waals surface area contributed by atoms with E-state index >= 15 is 0 Å². The number of carbonyl (C=O) groups excluding carboxylic acids is 1. The Kier molecular flexibility index (Phi) is 3.63. The van der Waals surface area contributed by atoms with Crippen LogP contribution < -0.4 is 0 Å². The first-order valence-corrected chi connectivity index (χ1v) is 5.04. The number of hydrogen-bond acceptors (Lipinski definition) is 3. The number of esters is 1. The Bertz CT molecular complexity index is 306. The standard InChI is InChI=1S/C10H12BrNO2/c1-10(2,11)9(13)14-7-8-3-5-12-6-4-8/h3-6H,7H2,1-2H3. The molecule has 3 nitrogen and oxygen atoms in total. The normalized spacial score (nSPS) is 11.1. The number of rotatable bonds is 3. The SMILES string of the molecule is CC(C)(Br)C(=O)OCc1ccncc1. The van der Waals surface area contributed by atoms with Crippen LogP contribution >= 0.6 is 15.9 Å². The average molecular weight is 258 g/mol. The molecule has 0 aliphatic carbocycles.